The number of hydrogen-bond acceptors (Lipinski definition) is 3. The van der Waals surface area contributed by atoms with Crippen molar-refractivity contribution in [1.82, 2.24) is 0 Å². The second-order valence-corrected chi connectivity index (χ2v) is 3.84. The number of rotatable bonds is 6. The first-order valence-corrected chi connectivity index (χ1v) is 4.88. The predicted octanol–water partition coefficient (Wildman–Crippen LogP) is -0.637. The van der Waals surface area contributed by atoms with Crippen LogP contribution in [0.3, 0.4) is 0 Å². The summed E-state index contributed by atoms with van der Waals surface area (Å²) in [6.07, 6.45) is 0.340. The standard InChI is InChI=1S/C9H21BO3.Na.H/c1-7(2)11-10(12-8(3)4)13-9(5)6;;/h7-9H,1-6H3;;/q;+1;-1. The molecule has 0 aliphatic rings. The predicted molar refractivity (Wildman–Crippen MR) is 55.5 cm³/mol. The third-order valence-electron chi connectivity index (χ3n) is 1.15. The van der Waals surface area contributed by atoms with Gasteiger partial charge in [0.05, 0.1) is 0 Å². The molecule has 0 radical (unpaired) electrons. The van der Waals surface area contributed by atoms with E-state index in [2.05, 4.69) is 0 Å². The Kier molecular flexibility index (Phi) is 11.4. The van der Waals surface area contributed by atoms with Gasteiger partial charge in [0.25, 0.3) is 0 Å². The summed E-state index contributed by atoms with van der Waals surface area (Å²) in [5.41, 5.74) is 0. The Hall–Kier alpha value is 0.945. The van der Waals surface area contributed by atoms with Gasteiger partial charge in [-0.2, -0.15) is 0 Å². The first kappa shape index (κ1) is 17.3. The normalized spacial score (nSPS) is 10.9. The molecule has 0 spiro atoms. The van der Waals surface area contributed by atoms with Gasteiger partial charge < -0.3 is 15.4 Å². The van der Waals surface area contributed by atoms with E-state index >= 15 is 0 Å². The third kappa shape index (κ3) is 11.0. The first-order chi connectivity index (χ1) is 5.91. The Bertz CT molecular complexity index is 113. The molecule has 80 valence electrons. The monoisotopic (exact) mass is 212 g/mol. The second kappa shape index (κ2) is 9.19. The van der Waals surface area contributed by atoms with Crippen LogP contribution in [0.25, 0.3) is 0 Å². The smallest absolute Gasteiger partial charge is 1.00 e. The molecule has 0 aliphatic carbocycles. The summed E-state index contributed by atoms with van der Waals surface area (Å²) in [4.78, 5) is 0. The molecule has 0 bridgehead atoms. The quantitative estimate of drug-likeness (QED) is 0.548. The van der Waals surface area contributed by atoms with Crippen LogP contribution in [0.2, 0.25) is 0 Å². The van der Waals surface area contributed by atoms with Gasteiger partial charge in [-0.15, -0.1) is 0 Å². The van der Waals surface area contributed by atoms with Crippen LogP contribution in [0.15, 0.2) is 0 Å². The molecule has 0 amide bonds. The Labute approximate surface area is 112 Å². The van der Waals surface area contributed by atoms with Crippen LogP contribution in [0.1, 0.15) is 43.0 Å². The Morgan fingerprint density at radius 1 is 0.714 bits per heavy atom. The molecule has 0 aromatic rings. The maximum absolute atomic E-state index is 5.43. The minimum absolute atomic E-state index is 0. The zero-order chi connectivity index (χ0) is 10.4. The van der Waals surface area contributed by atoms with Gasteiger partial charge >= 0.3 is 36.9 Å². The summed E-state index contributed by atoms with van der Waals surface area (Å²) < 4.78 is 16.3. The second-order valence-electron chi connectivity index (χ2n) is 3.84. The molecule has 0 aromatic heterocycles. The van der Waals surface area contributed by atoms with Crippen molar-refractivity contribution < 1.29 is 44.9 Å². The first-order valence-electron chi connectivity index (χ1n) is 4.88. The van der Waals surface area contributed by atoms with Crippen LogP contribution >= 0.6 is 0 Å². The Balaban J connectivity index is -0.000000720. The van der Waals surface area contributed by atoms with E-state index < -0.39 is 7.32 Å². The topological polar surface area (TPSA) is 27.7 Å². The summed E-state index contributed by atoms with van der Waals surface area (Å²) in [7, 11) is -0.542. The van der Waals surface area contributed by atoms with Crippen LogP contribution < -0.4 is 29.6 Å². The van der Waals surface area contributed by atoms with Gasteiger partial charge in [-0.05, 0) is 41.5 Å². The van der Waals surface area contributed by atoms with Crippen LogP contribution in [0.4, 0.5) is 0 Å². The molecule has 0 unspecified atom stereocenters. The van der Waals surface area contributed by atoms with Crippen molar-refractivity contribution in [3.63, 3.8) is 0 Å². The van der Waals surface area contributed by atoms with E-state index in [4.69, 9.17) is 14.0 Å². The van der Waals surface area contributed by atoms with Gasteiger partial charge in [0.15, 0.2) is 0 Å². The van der Waals surface area contributed by atoms with E-state index in [0.717, 1.165) is 0 Å². The van der Waals surface area contributed by atoms with Crippen LogP contribution in [0, 0.1) is 0 Å². The molecule has 0 rings (SSSR count). The summed E-state index contributed by atoms with van der Waals surface area (Å²) >= 11 is 0. The molecule has 0 aliphatic heterocycles. The van der Waals surface area contributed by atoms with E-state index in [1.54, 1.807) is 0 Å². The third-order valence-corrected chi connectivity index (χ3v) is 1.15. The van der Waals surface area contributed by atoms with Crippen LogP contribution in [-0.2, 0) is 14.0 Å². The SMILES string of the molecule is CC(C)OB(OC(C)C)OC(C)C.[H-].[Na+]. The van der Waals surface area contributed by atoms with Crippen molar-refractivity contribution in [3.8, 4) is 0 Å². The summed E-state index contributed by atoms with van der Waals surface area (Å²) in [6, 6.07) is 0. The fourth-order valence-corrected chi connectivity index (χ4v) is 0.763. The fourth-order valence-electron chi connectivity index (χ4n) is 0.763. The molecule has 0 saturated heterocycles. The molecule has 14 heavy (non-hydrogen) atoms. The minimum Gasteiger partial charge on any atom is -1.00 e. The van der Waals surface area contributed by atoms with E-state index in [-0.39, 0.29) is 49.3 Å². The van der Waals surface area contributed by atoms with Crippen molar-refractivity contribution in [2.75, 3.05) is 0 Å². The zero-order valence-electron chi connectivity index (χ0n) is 11.5. The van der Waals surface area contributed by atoms with Crippen molar-refractivity contribution in [1.29, 1.82) is 0 Å². The summed E-state index contributed by atoms with van der Waals surface area (Å²) in [5, 5.41) is 0. The summed E-state index contributed by atoms with van der Waals surface area (Å²) in [5.74, 6) is 0. The van der Waals surface area contributed by atoms with Crippen molar-refractivity contribution in [2.24, 2.45) is 0 Å². The molecule has 0 saturated carbocycles. The molecule has 0 heterocycles. The maximum Gasteiger partial charge on any atom is 1.00 e. The van der Waals surface area contributed by atoms with Crippen LogP contribution in [-0.4, -0.2) is 25.6 Å². The van der Waals surface area contributed by atoms with Gasteiger partial charge in [0.2, 0.25) is 0 Å². The molecular formula is C9H22BNaO3. The van der Waals surface area contributed by atoms with Gasteiger partial charge in [-0.1, -0.05) is 0 Å². The molecule has 0 aromatic carbocycles. The zero-order valence-corrected chi connectivity index (χ0v) is 12.5. The molecule has 3 nitrogen and oxygen atoms in total. The molecule has 0 atom stereocenters. The maximum atomic E-state index is 5.43. The van der Waals surface area contributed by atoms with Gasteiger partial charge in [-0.3, -0.25) is 0 Å². The van der Waals surface area contributed by atoms with Crippen LogP contribution in [0.5, 0.6) is 0 Å². The van der Waals surface area contributed by atoms with Crippen molar-refractivity contribution >= 4 is 7.32 Å². The van der Waals surface area contributed by atoms with Gasteiger partial charge in [-0.25, -0.2) is 0 Å². The molecule has 0 N–H and O–H groups in total. The average molecular weight is 212 g/mol. The molecule has 5 heteroatoms. The van der Waals surface area contributed by atoms with Crippen molar-refractivity contribution in [3.05, 3.63) is 0 Å². The van der Waals surface area contributed by atoms with Gasteiger partial charge in [0, 0.05) is 18.3 Å². The van der Waals surface area contributed by atoms with E-state index in [0.29, 0.717) is 0 Å². The van der Waals surface area contributed by atoms with Gasteiger partial charge in [0.1, 0.15) is 0 Å². The average Bonchev–Trinajstić information content (AvgIpc) is 1.80. The Morgan fingerprint density at radius 3 is 1.07 bits per heavy atom. The fraction of sp³-hybridized carbons (Fsp3) is 1.00. The largest absolute Gasteiger partial charge is 1.00 e. The van der Waals surface area contributed by atoms with E-state index in [1.807, 2.05) is 41.5 Å². The Morgan fingerprint density at radius 2 is 0.929 bits per heavy atom. The number of hydrogen-bond donors (Lipinski definition) is 0. The summed E-state index contributed by atoms with van der Waals surface area (Å²) in [6.45, 7) is 11.8. The minimum atomic E-state index is -0.542. The van der Waals surface area contributed by atoms with E-state index in [9.17, 15) is 0 Å². The van der Waals surface area contributed by atoms with Crippen molar-refractivity contribution in [2.45, 2.75) is 59.9 Å². The van der Waals surface area contributed by atoms with E-state index in [1.165, 1.54) is 0 Å². The molecule has 0 fully saturated rings. The molecular weight excluding hydrogens is 190 g/mol.